The molecule has 0 aliphatic carbocycles. The summed E-state index contributed by atoms with van der Waals surface area (Å²) in [7, 11) is 1.35. The minimum atomic E-state index is -1.46. The molecule has 30 heavy (non-hydrogen) atoms. The maximum Gasteiger partial charge on any atom is 0.308 e. The summed E-state index contributed by atoms with van der Waals surface area (Å²) >= 11 is 0. The molecule has 0 bridgehead atoms. The Balaban J connectivity index is 5.11. The van der Waals surface area contributed by atoms with Gasteiger partial charge in [0.15, 0.2) is 0 Å². The van der Waals surface area contributed by atoms with Crippen molar-refractivity contribution >= 4 is 29.6 Å². The van der Waals surface area contributed by atoms with Crippen LogP contribution in [0, 0.1) is 0 Å². The lowest BCUT2D eigenvalue weighted by molar-refractivity contribution is -0.156. The van der Waals surface area contributed by atoms with Crippen molar-refractivity contribution in [1.82, 2.24) is 15.5 Å². The van der Waals surface area contributed by atoms with E-state index in [0.717, 1.165) is 4.90 Å². The predicted molar refractivity (Wildman–Crippen MR) is 106 cm³/mol. The highest BCUT2D eigenvalue weighted by Gasteiger charge is 2.31. The molecule has 0 saturated heterocycles. The fourth-order valence-electron chi connectivity index (χ4n) is 2.30. The smallest absolute Gasteiger partial charge is 0.308 e. The Morgan fingerprint density at radius 2 is 1.63 bits per heavy atom. The van der Waals surface area contributed by atoms with E-state index in [2.05, 4.69) is 10.6 Å². The van der Waals surface area contributed by atoms with E-state index in [1.807, 2.05) is 0 Å². The lowest BCUT2D eigenvalue weighted by atomic mass is 10.1. The third-order valence-corrected chi connectivity index (χ3v) is 3.68. The van der Waals surface area contributed by atoms with Gasteiger partial charge in [0, 0.05) is 7.05 Å². The standard InChI is InChI=1S/C18H33N5O7/c1-9(19)17(29)23(6)8-12(25)22-14(10(2)24)16(28)21-11(15(20)27)7-13(26)30-18(3,4)5/h9-11,14,24H,7-8,19H2,1-6H3,(H2,20,27)(H,21,28)(H,22,25)/t9-,10+,11-,14-/m0/s1. The molecule has 0 aliphatic heterocycles. The van der Waals surface area contributed by atoms with Crippen molar-refractivity contribution in [2.45, 2.75) is 70.9 Å². The number of aliphatic hydroxyl groups is 1. The molecule has 0 saturated carbocycles. The van der Waals surface area contributed by atoms with Crippen molar-refractivity contribution in [3.63, 3.8) is 0 Å². The lowest BCUT2D eigenvalue weighted by Gasteiger charge is -2.26. The average molecular weight is 431 g/mol. The minimum absolute atomic E-state index is 0.409. The number of carbonyl (C=O) groups is 5. The molecule has 0 radical (unpaired) electrons. The van der Waals surface area contributed by atoms with Gasteiger partial charge in [0.1, 0.15) is 17.7 Å². The summed E-state index contributed by atoms with van der Waals surface area (Å²) in [6, 6.07) is -3.69. The summed E-state index contributed by atoms with van der Waals surface area (Å²) in [4.78, 5) is 61.0. The third kappa shape index (κ3) is 10.2. The van der Waals surface area contributed by atoms with Gasteiger partial charge in [0.25, 0.3) is 0 Å². The molecule has 0 heterocycles. The van der Waals surface area contributed by atoms with Crippen molar-refractivity contribution in [2.24, 2.45) is 11.5 Å². The van der Waals surface area contributed by atoms with Crippen LogP contribution in [-0.4, -0.2) is 83.0 Å². The Labute approximate surface area is 175 Å². The zero-order valence-corrected chi connectivity index (χ0v) is 18.2. The number of ether oxygens (including phenoxy) is 1. The monoisotopic (exact) mass is 431 g/mol. The molecular weight excluding hydrogens is 398 g/mol. The van der Waals surface area contributed by atoms with E-state index in [-0.39, 0.29) is 0 Å². The van der Waals surface area contributed by atoms with Gasteiger partial charge in [0.2, 0.25) is 23.6 Å². The van der Waals surface area contributed by atoms with Gasteiger partial charge in [-0.2, -0.15) is 0 Å². The van der Waals surface area contributed by atoms with Crippen LogP contribution in [0.5, 0.6) is 0 Å². The number of rotatable bonds is 10. The van der Waals surface area contributed by atoms with Crippen molar-refractivity contribution in [3.05, 3.63) is 0 Å². The SMILES string of the molecule is C[C@H](N)C(=O)N(C)CC(=O)N[C@H](C(=O)N[C@@H](CC(=O)OC(C)(C)C)C(N)=O)[C@@H](C)O. The molecule has 0 rings (SSSR count). The topological polar surface area (TPSA) is 194 Å². The van der Waals surface area contributed by atoms with E-state index >= 15 is 0 Å². The van der Waals surface area contributed by atoms with E-state index in [1.165, 1.54) is 20.9 Å². The van der Waals surface area contributed by atoms with E-state index in [4.69, 9.17) is 16.2 Å². The van der Waals surface area contributed by atoms with E-state index in [1.54, 1.807) is 20.8 Å². The number of likely N-dealkylation sites (N-methyl/N-ethyl adjacent to an activating group) is 1. The summed E-state index contributed by atoms with van der Waals surface area (Å²) in [6.07, 6.45) is -1.87. The van der Waals surface area contributed by atoms with Gasteiger partial charge in [-0.05, 0) is 34.6 Å². The summed E-state index contributed by atoms with van der Waals surface area (Å²) in [5, 5.41) is 14.4. The number of nitrogens with zero attached hydrogens (tertiary/aromatic N) is 1. The van der Waals surface area contributed by atoms with E-state index in [9.17, 15) is 29.1 Å². The number of esters is 1. The van der Waals surface area contributed by atoms with Crippen molar-refractivity contribution in [2.75, 3.05) is 13.6 Å². The Hall–Kier alpha value is -2.73. The van der Waals surface area contributed by atoms with Crippen LogP contribution in [0.25, 0.3) is 0 Å². The van der Waals surface area contributed by atoms with Crippen molar-refractivity contribution in [3.8, 4) is 0 Å². The number of hydrogen-bond acceptors (Lipinski definition) is 8. The molecule has 7 N–H and O–H groups in total. The summed E-state index contributed by atoms with van der Waals surface area (Å²) in [6.45, 7) is 7.19. The second-order valence-corrected chi connectivity index (χ2v) is 8.02. The Bertz CT molecular complexity index is 658. The molecular formula is C18H33N5O7. The number of amides is 4. The highest BCUT2D eigenvalue weighted by molar-refractivity contribution is 5.94. The lowest BCUT2D eigenvalue weighted by Crippen LogP contribution is -2.58. The highest BCUT2D eigenvalue weighted by atomic mass is 16.6. The van der Waals surface area contributed by atoms with E-state index in [0.29, 0.717) is 0 Å². The summed E-state index contributed by atoms with van der Waals surface area (Å²) < 4.78 is 5.09. The highest BCUT2D eigenvalue weighted by Crippen LogP contribution is 2.09. The predicted octanol–water partition coefficient (Wildman–Crippen LogP) is -2.64. The molecule has 172 valence electrons. The average Bonchev–Trinajstić information content (AvgIpc) is 2.55. The van der Waals surface area contributed by atoms with Crippen molar-refractivity contribution in [1.29, 1.82) is 0 Å². The fourth-order valence-corrected chi connectivity index (χ4v) is 2.30. The van der Waals surface area contributed by atoms with Gasteiger partial charge >= 0.3 is 5.97 Å². The second-order valence-electron chi connectivity index (χ2n) is 8.02. The molecule has 12 nitrogen and oxygen atoms in total. The van der Waals surface area contributed by atoms with Crippen LogP contribution in [0.3, 0.4) is 0 Å². The number of primary amides is 1. The van der Waals surface area contributed by atoms with Gasteiger partial charge in [0.05, 0.1) is 25.1 Å². The van der Waals surface area contributed by atoms with Crippen LogP contribution >= 0.6 is 0 Å². The van der Waals surface area contributed by atoms with Crippen molar-refractivity contribution < 1.29 is 33.8 Å². The molecule has 12 heteroatoms. The van der Waals surface area contributed by atoms with Crippen LogP contribution in [0.15, 0.2) is 0 Å². The molecule has 0 unspecified atom stereocenters. The summed E-state index contributed by atoms with van der Waals surface area (Å²) in [5.41, 5.74) is 9.90. The Morgan fingerprint density at radius 1 is 1.10 bits per heavy atom. The van der Waals surface area contributed by atoms with Gasteiger partial charge < -0.3 is 36.8 Å². The van der Waals surface area contributed by atoms with Crippen LogP contribution in [-0.2, 0) is 28.7 Å². The Morgan fingerprint density at radius 3 is 2.03 bits per heavy atom. The first kappa shape index (κ1) is 27.3. The summed E-state index contributed by atoms with van der Waals surface area (Å²) in [5.74, 6) is -3.93. The zero-order valence-electron chi connectivity index (χ0n) is 18.2. The molecule has 4 atom stereocenters. The maximum atomic E-state index is 12.5. The molecule has 0 aromatic heterocycles. The van der Waals surface area contributed by atoms with E-state index < -0.39 is 72.4 Å². The van der Waals surface area contributed by atoms with Crippen LogP contribution < -0.4 is 22.1 Å². The van der Waals surface area contributed by atoms with Crippen LogP contribution in [0.1, 0.15) is 41.0 Å². The fraction of sp³-hybridized carbons (Fsp3) is 0.722. The van der Waals surface area contributed by atoms with Gasteiger partial charge in [-0.15, -0.1) is 0 Å². The number of nitrogens with one attached hydrogen (secondary N) is 2. The molecule has 0 fully saturated rings. The number of hydrogen-bond donors (Lipinski definition) is 5. The minimum Gasteiger partial charge on any atom is -0.460 e. The van der Waals surface area contributed by atoms with Gasteiger partial charge in [-0.25, -0.2) is 0 Å². The molecule has 0 spiro atoms. The van der Waals surface area contributed by atoms with Gasteiger partial charge in [-0.1, -0.05) is 0 Å². The third-order valence-electron chi connectivity index (χ3n) is 3.68. The molecule has 0 aliphatic rings. The quantitative estimate of drug-likeness (QED) is 0.231. The molecule has 4 amide bonds. The second kappa shape index (κ2) is 11.5. The first-order valence-corrected chi connectivity index (χ1v) is 9.34. The zero-order chi connectivity index (χ0) is 23.8. The largest absolute Gasteiger partial charge is 0.460 e. The molecule has 0 aromatic carbocycles. The molecule has 0 aromatic rings. The first-order chi connectivity index (χ1) is 13.5. The number of carbonyl (C=O) groups excluding carboxylic acids is 5. The Kier molecular flexibility index (Phi) is 10.4. The number of nitrogens with two attached hydrogens (primary N) is 2. The maximum absolute atomic E-state index is 12.5. The van der Waals surface area contributed by atoms with Gasteiger partial charge in [-0.3, -0.25) is 24.0 Å². The normalized spacial score (nSPS) is 15.2. The number of aliphatic hydroxyl groups excluding tert-OH is 1. The van der Waals surface area contributed by atoms with Crippen LogP contribution in [0.2, 0.25) is 0 Å². The van der Waals surface area contributed by atoms with Crippen LogP contribution in [0.4, 0.5) is 0 Å². The first-order valence-electron chi connectivity index (χ1n) is 9.34.